The average molecular weight is 345 g/mol. The monoisotopic (exact) mass is 345 g/mol. The van der Waals surface area contributed by atoms with Gasteiger partial charge in [0.25, 0.3) is 0 Å². The molecular formula is C20H31N3O2. The molecule has 138 valence electrons. The molecule has 5 nitrogen and oxygen atoms in total. The second-order valence-corrected chi connectivity index (χ2v) is 8.38. The molecule has 0 radical (unpaired) electrons. The van der Waals surface area contributed by atoms with Crippen LogP contribution in [0.2, 0.25) is 0 Å². The van der Waals surface area contributed by atoms with E-state index in [1.54, 1.807) is 4.90 Å². The molecule has 2 fully saturated rings. The van der Waals surface area contributed by atoms with Gasteiger partial charge in [-0.1, -0.05) is 18.9 Å². The number of ether oxygens (including phenoxy) is 1. The summed E-state index contributed by atoms with van der Waals surface area (Å²) in [5, 5.41) is 0. The molecule has 3 rings (SSSR count). The van der Waals surface area contributed by atoms with Crippen molar-refractivity contribution in [1.29, 1.82) is 0 Å². The van der Waals surface area contributed by atoms with Crippen molar-refractivity contribution in [3.05, 3.63) is 23.9 Å². The molecule has 1 aromatic heterocycles. The van der Waals surface area contributed by atoms with Gasteiger partial charge in [-0.05, 0) is 71.7 Å². The molecule has 1 saturated carbocycles. The maximum Gasteiger partial charge on any atom is 0.416 e. The van der Waals surface area contributed by atoms with Gasteiger partial charge in [0.15, 0.2) is 0 Å². The van der Waals surface area contributed by atoms with Crippen LogP contribution in [0.15, 0.2) is 18.3 Å². The van der Waals surface area contributed by atoms with Gasteiger partial charge in [0.05, 0.1) is 0 Å². The van der Waals surface area contributed by atoms with Gasteiger partial charge in [-0.3, -0.25) is 9.80 Å². The molecule has 25 heavy (non-hydrogen) atoms. The normalized spacial score (nSPS) is 22.3. The van der Waals surface area contributed by atoms with Crippen molar-refractivity contribution in [3.63, 3.8) is 0 Å². The summed E-state index contributed by atoms with van der Waals surface area (Å²) in [6.07, 6.45) is 8.43. The third kappa shape index (κ3) is 4.32. The first-order valence-corrected chi connectivity index (χ1v) is 9.53. The van der Waals surface area contributed by atoms with E-state index in [0.717, 1.165) is 32.2 Å². The first-order chi connectivity index (χ1) is 11.8. The highest BCUT2D eigenvalue weighted by atomic mass is 16.6. The number of pyridine rings is 1. The van der Waals surface area contributed by atoms with Crippen LogP contribution in [0.25, 0.3) is 0 Å². The molecule has 1 aliphatic heterocycles. The number of aromatic nitrogens is 1. The summed E-state index contributed by atoms with van der Waals surface area (Å²) in [4.78, 5) is 21.6. The fourth-order valence-electron chi connectivity index (χ4n) is 3.97. The topological polar surface area (TPSA) is 45.7 Å². The van der Waals surface area contributed by atoms with Gasteiger partial charge in [0, 0.05) is 18.3 Å². The summed E-state index contributed by atoms with van der Waals surface area (Å²) in [5.74, 6) is 0.713. The molecule has 1 atom stereocenters. The van der Waals surface area contributed by atoms with Crippen LogP contribution in [0.4, 0.5) is 10.6 Å². The Morgan fingerprint density at radius 1 is 1.20 bits per heavy atom. The fourth-order valence-corrected chi connectivity index (χ4v) is 3.97. The standard InChI is InChI=1S/C20H31N3O2/c1-20(2,3)25-19(24)23(16-8-5-6-9-16)18-12-11-15(14-21-18)17-10-7-13-22(17)4/h11-12,14,16-17H,5-10,13H2,1-4H3/t17-/m1/s1. The van der Waals surface area contributed by atoms with Crippen LogP contribution in [0.5, 0.6) is 0 Å². The third-order valence-corrected chi connectivity index (χ3v) is 5.20. The molecule has 2 heterocycles. The Labute approximate surface area is 151 Å². The largest absolute Gasteiger partial charge is 0.443 e. The molecule has 0 unspecified atom stereocenters. The third-order valence-electron chi connectivity index (χ3n) is 5.20. The van der Waals surface area contributed by atoms with Crippen LogP contribution in [-0.2, 0) is 4.74 Å². The zero-order valence-corrected chi connectivity index (χ0v) is 16.0. The summed E-state index contributed by atoms with van der Waals surface area (Å²) in [7, 11) is 2.16. The van der Waals surface area contributed by atoms with Gasteiger partial charge < -0.3 is 4.74 Å². The van der Waals surface area contributed by atoms with Crippen molar-refractivity contribution in [2.75, 3.05) is 18.5 Å². The van der Waals surface area contributed by atoms with Crippen LogP contribution in [-0.4, -0.2) is 41.2 Å². The van der Waals surface area contributed by atoms with E-state index in [9.17, 15) is 4.79 Å². The number of hydrogen-bond donors (Lipinski definition) is 0. The first kappa shape index (κ1) is 18.2. The Morgan fingerprint density at radius 2 is 1.92 bits per heavy atom. The van der Waals surface area contributed by atoms with Crippen molar-refractivity contribution in [2.45, 2.75) is 77.0 Å². The summed E-state index contributed by atoms with van der Waals surface area (Å²) >= 11 is 0. The van der Waals surface area contributed by atoms with Gasteiger partial charge in [0.2, 0.25) is 0 Å². The number of carbonyl (C=O) groups is 1. The molecule has 0 aromatic carbocycles. The van der Waals surface area contributed by atoms with E-state index in [4.69, 9.17) is 4.74 Å². The minimum Gasteiger partial charge on any atom is -0.443 e. The summed E-state index contributed by atoms with van der Waals surface area (Å²) < 4.78 is 5.65. The lowest BCUT2D eigenvalue weighted by atomic mass is 10.1. The van der Waals surface area contributed by atoms with Crippen molar-refractivity contribution in [2.24, 2.45) is 0 Å². The van der Waals surface area contributed by atoms with Crippen LogP contribution >= 0.6 is 0 Å². The molecule has 1 saturated heterocycles. The lowest BCUT2D eigenvalue weighted by Gasteiger charge is -2.31. The highest BCUT2D eigenvalue weighted by Crippen LogP contribution is 2.32. The number of anilines is 1. The van der Waals surface area contributed by atoms with Crippen molar-refractivity contribution >= 4 is 11.9 Å². The maximum atomic E-state index is 12.8. The van der Waals surface area contributed by atoms with E-state index in [1.807, 2.05) is 33.0 Å². The smallest absolute Gasteiger partial charge is 0.416 e. The van der Waals surface area contributed by atoms with Gasteiger partial charge in [-0.15, -0.1) is 0 Å². The van der Waals surface area contributed by atoms with Gasteiger partial charge in [-0.2, -0.15) is 0 Å². The van der Waals surface area contributed by atoms with E-state index in [2.05, 4.69) is 23.0 Å². The quantitative estimate of drug-likeness (QED) is 0.807. The van der Waals surface area contributed by atoms with Gasteiger partial charge >= 0.3 is 6.09 Å². The predicted octanol–water partition coefficient (Wildman–Crippen LogP) is 4.53. The Bertz CT molecular complexity index is 588. The first-order valence-electron chi connectivity index (χ1n) is 9.53. The fraction of sp³-hybridized carbons (Fsp3) is 0.700. The van der Waals surface area contributed by atoms with Gasteiger partial charge in [0.1, 0.15) is 11.4 Å². The minimum absolute atomic E-state index is 0.197. The van der Waals surface area contributed by atoms with Crippen molar-refractivity contribution in [3.8, 4) is 0 Å². The molecule has 2 aliphatic rings. The molecule has 1 amide bonds. The van der Waals surface area contributed by atoms with Crippen molar-refractivity contribution < 1.29 is 9.53 Å². The second-order valence-electron chi connectivity index (χ2n) is 8.38. The summed E-state index contributed by atoms with van der Waals surface area (Å²) in [5.41, 5.74) is 0.736. The van der Waals surface area contributed by atoms with E-state index in [-0.39, 0.29) is 12.1 Å². The predicted molar refractivity (Wildman–Crippen MR) is 99.8 cm³/mol. The maximum absolute atomic E-state index is 12.8. The van der Waals surface area contributed by atoms with Crippen LogP contribution in [0.1, 0.15) is 70.9 Å². The Morgan fingerprint density at radius 3 is 2.44 bits per heavy atom. The summed E-state index contributed by atoms with van der Waals surface area (Å²) in [6, 6.07) is 4.76. The lowest BCUT2D eigenvalue weighted by Crippen LogP contribution is -2.43. The SMILES string of the molecule is CN1CCC[C@@H]1c1ccc(N(C(=O)OC(C)(C)C)C2CCCC2)nc1. The second kappa shape index (κ2) is 7.32. The Hall–Kier alpha value is -1.62. The number of amides is 1. The Balaban J connectivity index is 1.81. The van der Waals surface area contributed by atoms with Crippen molar-refractivity contribution in [1.82, 2.24) is 9.88 Å². The molecular weight excluding hydrogens is 314 g/mol. The molecule has 0 spiro atoms. The minimum atomic E-state index is -0.500. The van der Waals surface area contributed by atoms with E-state index in [1.165, 1.54) is 18.4 Å². The molecule has 0 N–H and O–H groups in total. The average Bonchev–Trinajstić information content (AvgIpc) is 3.18. The van der Waals surface area contributed by atoms with E-state index < -0.39 is 5.60 Å². The van der Waals surface area contributed by atoms with Crippen LogP contribution < -0.4 is 4.90 Å². The highest BCUT2D eigenvalue weighted by Gasteiger charge is 2.32. The summed E-state index contributed by atoms with van der Waals surface area (Å²) in [6.45, 7) is 6.86. The van der Waals surface area contributed by atoms with E-state index in [0.29, 0.717) is 11.9 Å². The number of carbonyl (C=O) groups excluding carboxylic acids is 1. The zero-order chi connectivity index (χ0) is 18.0. The number of nitrogens with zero attached hydrogens (tertiary/aromatic N) is 3. The number of likely N-dealkylation sites (tertiary alicyclic amines) is 1. The molecule has 0 bridgehead atoms. The highest BCUT2D eigenvalue weighted by molar-refractivity contribution is 5.87. The Kier molecular flexibility index (Phi) is 5.32. The number of rotatable bonds is 3. The van der Waals surface area contributed by atoms with Crippen LogP contribution in [0.3, 0.4) is 0 Å². The van der Waals surface area contributed by atoms with Gasteiger partial charge in [-0.25, -0.2) is 9.78 Å². The molecule has 1 aromatic rings. The van der Waals surface area contributed by atoms with Crippen LogP contribution in [0, 0.1) is 0 Å². The molecule has 5 heteroatoms. The number of hydrogen-bond acceptors (Lipinski definition) is 4. The molecule has 1 aliphatic carbocycles. The zero-order valence-electron chi connectivity index (χ0n) is 16.0. The lowest BCUT2D eigenvalue weighted by molar-refractivity contribution is 0.0564. The van der Waals surface area contributed by atoms with E-state index >= 15 is 0 Å².